The van der Waals surface area contributed by atoms with Gasteiger partial charge in [-0.3, -0.25) is 4.79 Å². The lowest BCUT2D eigenvalue weighted by atomic mass is 10.2. The summed E-state index contributed by atoms with van der Waals surface area (Å²) in [6.45, 7) is 6.40. The van der Waals surface area contributed by atoms with Gasteiger partial charge in [0.25, 0.3) is 11.8 Å². The number of hydrogen-bond donors (Lipinski definition) is 1. The Kier molecular flexibility index (Phi) is 6.26. The number of anilines is 1. The van der Waals surface area contributed by atoms with Gasteiger partial charge in [0.15, 0.2) is 12.4 Å². The van der Waals surface area contributed by atoms with Gasteiger partial charge in [0, 0.05) is 17.2 Å². The summed E-state index contributed by atoms with van der Waals surface area (Å²) in [4.78, 5) is 16.5. The highest BCUT2D eigenvalue weighted by Gasteiger charge is 2.12. The lowest BCUT2D eigenvalue weighted by Crippen LogP contribution is -2.20. The molecule has 0 unspecified atom stereocenters. The molecular weight excluding hydrogens is 358 g/mol. The lowest BCUT2D eigenvalue weighted by Gasteiger charge is -2.09. The predicted molar refractivity (Wildman–Crippen MR) is 106 cm³/mol. The van der Waals surface area contributed by atoms with Gasteiger partial charge in [-0.15, -0.1) is 0 Å². The third-order valence-corrected chi connectivity index (χ3v) is 3.86. The monoisotopic (exact) mass is 381 g/mol. The second kappa shape index (κ2) is 9.03. The summed E-state index contributed by atoms with van der Waals surface area (Å²) < 4.78 is 16.3. The molecule has 0 fully saturated rings. The number of nitrogens with one attached hydrogen (secondary N) is 1. The molecule has 3 rings (SSSR count). The fourth-order valence-electron chi connectivity index (χ4n) is 2.45. The van der Waals surface area contributed by atoms with Crippen LogP contribution in [0.15, 0.2) is 53.1 Å². The van der Waals surface area contributed by atoms with E-state index in [9.17, 15) is 4.79 Å². The van der Waals surface area contributed by atoms with E-state index in [1.165, 1.54) is 0 Å². The van der Waals surface area contributed by atoms with E-state index in [1.807, 2.05) is 32.9 Å². The van der Waals surface area contributed by atoms with E-state index in [2.05, 4.69) is 15.5 Å². The zero-order valence-corrected chi connectivity index (χ0v) is 16.1. The average Bonchev–Trinajstić information content (AvgIpc) is 3.19. The van der Waals surface area contributed by atoms with Crippen LogP contribution >= 0.6 is 0 Å². The van der Waals surface area contributed by atoms with Gasteiger partial charge in [-0.2, -0.15) is 4.98 Å². The molecule has 0 aliphatic heterocycles. The molecule has 7 nitrogen and oxygen atoms in total. The van der Waals surface area contributed by atoms with Gasteiger partial charge in [0.2, 0.25) is 0 Å². The molecule has 0 saturated carbocycles. The number of nitrogens with zero attached hydrogens (tertiary/aromatic N) is 2. The second-order valence-electron chi connectivity index (χ2n) is 6.43. The van der Waals surface area contributed by atoms with Crippen LogP contribution < -0.4 is 14.8 Å². The Morgan fingerprint density at radius 2 is 1.89 bits per heavy atom. The van der Waals surface area contributed by atoms with E-state index >= 15 is 0 Å². The summed E-state index contributed by atoms with van der Waals surface area (Å²) in [5.74, 6) is 2.31. The summed E-state index contributed by atoms with van der Waals surface area (Å²) in [5.41, 5.74) is 1.42. The van der Waals surface area contributed by atoms with E-state index in [0.29, 0.717) is 29.8 Å². The molecule has 28 heavy (non-hydrogen) atoms. The maximum atomic E-state index is 12.1. The van der Waals surface area contributed by atoms with E-state index in [1.54, 1.807) is 36.4 Å². The third-order valence-electron chi connectivity index (χ3n) is 3.86. The summed E-state index contributed by atoms with van der Waals surface area (Å²) >= 11 is 0. The van der Waals surface area contributed by atoms with Crippen LogP contribution in [0.4, 0.5) is 5.69 Å². The number of ether oxygens (including phenoxy) is 2. The van der Waals surface area contributed by atoms with Crippen molar-refractivity contribution < 1.29 is 18.8 Å². The fraction of sp³-hybridized carbons (Fsp3) is 0.286. The zero-order valence-electron chi connectivity index (χ0n) is 16.1. The van der Waals surface area contributed by atoms with Crippen LogP contribution in [-0.2, 0) is 4.79 Å². The smallest absolute Gasteiger partial charge is 0.262 e. The molecule has 1 amide bonds. The highest BCUT2D eigenvalue weighted by molar-refractivity contribution is 5.91. The van der Waals surface area contributed by atoms with Crippen molar-refractivity contribution in [2.45, 2.75) is 26.7 Å². The maximum Gasteiger partial charge on any atom is 0.262 e. The SMILES string of the molecule is CCOc1ccc(NC(=O)COc2cccc(-c3nc(C(C)C)no3)c2)cc1. The van der Waals surface area contributed by atoms with Gasteiger partial charge in [-0.25, -0.2) is 0 Å². The fourth-order valence-corrected chi connectivity index (χ4v) is 2.45. The second-order valence-corrected chi connectivity index (χ2v) is 6.43. The van der Waals surface area contributed by atoms with Gasteiger partial charge in [-0.1, -0.05) is 25.1 Å². The minimum atomic E-state index is -0.255. The van der Waals surface area contributed by atoms with Crippen molar-refractivity contribution in [1.29, 1.82) is 0 Å². The van der Waals surface area contributed by atoms with Gasteiger partial charge >= 0.3 is 0 Å². The van der Waals surface area contributed by atoms with Crippen LogP contribution in [0.25, 0.3) is 11.5 Å². The number of amides is 1. The number of carbonyl (C=O) groups excluding carboxylic acids is 1. The average molecular weight is 381 g/mol. The van der Waals surface area contributed by atoms with Crippen LogP contribution in [0, 0.1) is 0 Å². The Morgan fingerprint density at radius 1 is 1.11 bits per heavy atom. The minimum Gasteiger partial charge on any atom is -0.494 e. The number of hydrogen-bond acceptors (Lipinski definition) is 6. The van der Waals surface area contributed by atoms with Crippen LogP contribution in [0.2, 0.25) is 0 Å². The predicted octanol–water partition coefficient (Wildman–Crippen LogP) is 4.28. The first-order valence-electron chi connectivity index (χ1n) is 9.14. The quantitative estimate of drug-likeness (QED) is 0.627. The third kappa shape index (κ3) is 5.09. The summed E-state index contributed by atoms with van der Waals surface area (Å²) in [6, 6.07) is 14.4. The van der Waals surface area contributed by atoms with E-state index in [-0.39, 0.29) is 18.4 Å². The maximum absolute atomic E-state index is 12.1. The first-order valence-corrected chi connectivity index (χ1v) is 9.14. The standard InChI is InChI=1S/C21H23N3O4/c1-4-26-17-10-8-16(9-11-17)22-19(25)13-27-18-7-5-6-15(12-18)21-23-20(14(2)3)24-28-21/h5-12,14H,4,13H2,1-3H3,(H,22,25). The number of rotatable bonds is 8. The minimum absolute atomic E-state index is 0.113. The number of carbonyl (C=O) groups is 1. The van der Waals surface area contributed by atoms with Crippen molar-refractivity contribution in [2.75, 3.05) is 18.5 Å². The van der Waals surface area contributed by atoms with Crippen molar-refractivity contribution in [3.63, 3.8) is 0 Å². The summed E-state index contributed by atoms with van der Waals surface area (Å²) in [7, 11) is 0. The molecule has 0 aliphatic rings. The van der Waals surface area contributed by atoms with E-state index in [4.69, 9.17) is 14.0 Å². The molecule has 1 aromatic heterocycles. The molecule has 146 valence electrons. The molecule has 3 aromatic rings. The molecule has 0 radical (unpaired) electrons. The van der Waals surface area contributed by atoms with E-state index < -0.39 is 0 Å². The molecule has 1 N–H and O–H groups in total. The molecule has 2 aromatic carbocycles. The molecular formula is C21H23N3O4. The van der Waals surface area contributed by atoms with Crippen molar-refractivity contribution >= 4 is 11.6 Å². The van der Waals surface area contributed by atoms with Gasteiger partial charge in [0.1, 0.15) is 11.5 Å². The van der Waals surface area contributed by atoms with Crippen molar-refractivity contribution in [2.24, 2.45) is 0 Å². The summed E-state index contributed by atoms with van der Waals surface area (Å²) in [5, 5.41) is 6.74. The Bertz CT molecular complexity index is 919. The first kappa shape index (κ1) is 19.4. The molecule has 0 aliphatic carbocycles. The first-order chi connectivity index (χ1) is 13.5. The molecule has 7 heteroatoms. The van der Waals surface area contributed by atoms with Crippen LogP contribution in [0.3, 0.4) is 0 Å². The molecule has 0 atom stereocenters. The van der Waals surface area contributed by atoms with Crippen molar-refractivity contribution in [3.8, 4) is 23.0 Å². The van der Waals surface area contributed by atoms with Crippen molar-refractivity contribution in [3.05, 3.63) is 54.4 Å². The largest absolute Gasteiger partial charge is 0.494 e. The number of benzene rings is 2. The Labute approximate surface area is 163 Å². The van der Waals surface area contributed by atoms with Crippen LogP contribution in [0.5, 0.6) is 11.5 Å². The highest BCUT2D eigenvalue weighted by Crippen LogP contribution is 2.24. The lowest BCUT2D eigenvalue weighted by molar-refractivity contribution is -0.118. The molecule has 0 saturated heterocycles. The summed E-state index contributed by atoms with van der Waals surface area (Å²) in [6.07, 6.45) is 0. The topological polar surface area (TPSA) is 86.5 Å². The van der Waals surface area contributed by atoms with E-state index in [0.717, 1.165) is 11.3 Å². The normalized spacial score (nSPS) is 10.7. The van der Waals surface area contributed by atoms with Gasteiger partial charge in [-0.05, 0) is 49.4 Å². The van der Waals surface area contributed by atoms with Crippen LogP contribution in [-0.4, -0.2) is 29.3 Å². The van der Waals surface area contributed by atoms with Crippen molar-refractivity contribution in [1.82, 2.24) is 10.1 Å². The van der Waals surface area contributed by atoms with Gasteiger partial charge < -0.3 is 19.3 Å². The Balaban J connectivity index is 1.57. The van der Waals surface area contributed by atoms with Crippen LogP contribution in [0.1, 0.15) is 32.5 Å². The van der Waals surface area contributed by atoms with Gasteiger partial charge in [0.05, 0.1) is 6.61 Å². The zero-order chi connectivity index (χ0) is 19.9. The molecule has 0 spiro atoms. The Morgan fingerprint density at radius 3 is 2.57 bits per heavy atom. The highest BCUT2D eigenvalue weighted by atomic mass is 16.5. The number of aromatic nitrogens is 2. The molecule has 0 bridgehead atoms. The molecule has 1 heterocycles. The Hall–Kier alpha value is -3.35.